The zero-order valence-corrected chi connectivity index (χ0v) is 35.8. The van der Waals surface area contributed by atoms with Crippen LogP contribution < -0.4 is 24.8 Å². The third kappa shape index (κ3) is 6.52. The topological polar surface area (TPSA) is 115 Å². The van der Waals surface area contributed by atoms with Crippen molar-refractivity contribution in [2.45, 2.75) is 87.6 Å². The van der Waals surface area contributed by atoms with Gasteiger partial charge in [-0.2, -0.15) is 0 Å². The van der Waals surface area contributed by atoms with Crippen molar-refractivity contribution in [1.82, 2.24) is 10.2 Å². The molecule has 9 rings (SSSR count). The minimum Gasteiger partial charge on any atom is -0.497 e. The lowest BCUT2D eigenvalue weighted by Crippen LogP contribution is -2.55. The van der Waals surface area contributed by atoms with Gasteiger partial charge in [0.1, 0.15) is 11.3 Å². The van der Waals surface area contributed by atoms with E-state index in [2.05, 4.69) is 22.3 Å². The van der Waals surface area contributed by atoms with E-state index >= 15 is 8.90 Å². The highest BCUT2D eigenvalue weighted by Crippen LogP contribution is 2.61. The van der Waals surface area contributed by atoms with Crippen LogP contribution in [0.2, 0.25) is 18.6 Å². The molecule has 5 aliphatic heterocycles. The molecule has 4 aromatic carbocycles. The molecule has 2 N–H and O–H groups in total. The molecule has 0 bridgehead atoms. The number of halogens is 1. The maximum Gasteiger partial charge on any atom is 0.264 e. The number of rotatable bonds is 9. The molecular weight excluding hydrogens is 778 g/mol. The van der Waals surface area contributed by atoms with Crippen LogP contribution in [0.4, 0.5) is 21.2 Å². The van der Waals surface area contributed by atoms with Gasteiger partial charge in [-0.15, -0.1) is 0 Å². The van der Waals surface area contributed by atoms with Crippen LogP contribution in [0.15, 0.2) is 97.1 Å². The first-order valence-electron chi connectivity index (χ1n) is 21.2. The number of hydrogen-bond donors (Lipinski definition) is 2. The third-order valence-electron chi connectivity index (χ3n) is 13.9. The lowest BCUT2D eigenvalue weighted by Gasteiger charge is -2.39. The summed E-state index contributed by atoms with van der Waals surface area (Å²) in [4.78, 5) is 51.6. The standard InChI is InChI=1S/C47H54FN5O6Si/c1-31-43(60(3,4)48)41(26-42(55)50-28-34-13-9-8-12-33(34)24-37(50)29-54)59-47(31)39-25-38(58-2)17-18-40(39)51(45(47)57)27-32-11-10-16-36(23-32)52-30-53(35-14-6-5-7-15-35)46(44(52)56)19-21-49-22-20-46/h5-18,23,25,31,37,41,43,49,54H,19-22,24,26-30H2,1-4H3/t31-,37-,41+,43-,47+/m0/s1. The van der Waals surface area contributed by atoms with Crippen LogP contribution >= 0.6 is 0 Å². The number of nitrogens with zero attached hydrogens (tertiary/aromatic N) is 4. The Morgan fingerprint density at radius 1 is 0.933 bits per heavy atom. The Balaban J connectivity index is 1.03. The molecule has 0 aliphatic carbocycles. The van der Waals surface area contributed by atoms with Gasteiger partial charge in [0, 0.05) is 34.9 Å². The van der Waals surface area contributed by atoms with Gasteiger partial charge >= 0.3 is 0 Å². The number of fused-ring (bicyclic) bond motifs is 3. The van der Waals surface area contributed by atoms with E-state index in [1.165, 1.54) is 0 Å². The van der Waals surface area contributed by atoms with Crippen LogP contribution in [-0.4, -0.2) is 87.3 Å². The van der Waals surface area contributed by atoms with Crippen molar-refractivity contribution in [1.29, 1.82) is 0 Å². The van der Waals surface area contributed by atoms with Gasteiger partial charge in [0.05, 0.1) is 51.2 Å². The van der Waals surface area contributed by atoms with Crippen molar-refractivity contribution in [3.63, 3.8) is 0 Å². The van der Waals surface area contributed by atoms with Gasteiger partial charge in [-0.05, 0) is 105 Å². The predicted octanol–water partition coefficient (Wildman–Crippen LogP) is 6.29. The highest BCUT2D eigenvalue weighted by atomic mass is 28.4. The Morgan fingerprint density at radius 3 is 2.37 bits per heavy atom. The first-order chi connectivity index (χ1) is 28.9. The Labute approximate surface area is 352 Å². The lowest BCUT2D eigenvalue weighted by molar-refractivity contribution is -0.151. The van der Waals surface area contributed by atoms with Crippen LogP contribution in [0.5, 0.6) is 5.75 Å². The van der Waals surface area contributed by atoms with Gasteiger partial charge < -0.3 is 38.7 Å². The normalized spacial score (nSPS) is 26.0. The average molecular weight is 832 g/mol. The second kappa shape index (κ2) is 15.4. The summed E-state index contributed by atoms with van der Waals surface area (Å²) >= 11 is 0. The first kappa shape index (κ1) is 40.3. The van der Waals surface area contributed by atoms with Gasteiger partial charge in [0.25, 0.3) is 11.8 Å². The van der Waals surface area contributed by atoms with Crippen LogP contribution in [0.25, 0.3) is 0 Å². The highest BCUT2D eigenvalue weighted by Gasteiger charge is 2.67. The molecule has 13 heteroatoms. The number of methoxy groups -OCH3 is 1. The van der Waals surface area contributed by atoms with E-state index in [-0.39, 0.29) is 37.3 Å². The van der Waals surface area contributed by atoms with Crippen LogP contribution in [-0.2, 0) is 44.2 Å². The summed E-state index contributed by atoms with van der Waals surface area (Å²) in [7, 11) is -2.02. The number of anilines is 3. The lowest BCUT2D eigenvalue weighted by atomic mass is 9.82. The quantitative estimate of drug-likeness (QED) is 0.150. The van der Waals surface area contributed by atoms with E-state index < -0.39 is 43.2 Å². The third-order valence-corrected chi connectivity index (χ3v) is 16.4. The van der Waals surface area contributed by atoms with Crippen molar-refractivity contribution in [2.75, 3.05) is 48.2 Å². The van der Waals surface area contributed by atoms with Gasteiger partial charge in [-0.3, -0.25) is 19.3 Å². The Bertz CT molecular complexity index is 2300. The minimum absolute atomic E-state index is 0.0653. The van der Waals surface area contributed by atoms with Crippen molar-refractivity contribution < 1.29 is 33.1 Å². The van der Waals surface area contributed by atoms with Crippen LogP contribution in [0.1, 0.15) is 48.4 Å². The van der Waals surface area contributed by atoms with Gasteiger partial charge in [0.15, 0.2) is 5.60 Å². The highest BCUT2D eigenvalue weighted by molar-refractivity contribution is 6.72. The Kier molecular flexibility index (Phi) is 10.4. The number of amides is 3. The second-order valence-corrected chi connectivity index (χ2v) is 21.5. The number of aliphatic hydroxyl groups excluding tert-OH is 1. The number of hydrogen-bond acceptors (Lipinski definition) is 8. The number of benzene rings is 4. The molecular formula is C47H54FN5O6Si. The van der Waals surface area contributed by atoms with Crippen molar-refractivity contribution >= 4 is 43.2 Å². The molecule has 11 nitrogen and oxygen atoms in total. The smallest absolute Gasteiger partial charge is 0.264 e. The summed E-state index contributed by atoms with van der Waals surface area (Å²) in [5.41, 5.74) is 3.00. The summed E-state index contributed by atoms with van der Waals surface area (Å²) in [5.74, 6) is -0.563. The largest absolute Gasteiger partial charge is 0.497 e. The monoisotopic (exact) mass is 831 g/mol. The number of carbonyl (C=O) groups is 3. The summed E-state index contributed by atoms with van der Waals surface area (Å²) in [5, 5.41) is 13.8. The van der Waals surface area contributed by atoms with Crippen LogP contribution in [0.3, 0.4) is 0 Å². The summed E-state index contributed by atoms with van der Waals surface area (Å²) in [6, 6.07) is 30.9. The van der Waals surface area contributed by atoms with E-state index in [1.807, 2.05) is 96.8 Å². The molecule has 0 saturated carbocycles. The van der Waals surface area contributed by atoms with E-state index in [4.69, 9.17) is 9.47 Å². The molecule has 3 amide bonds. The maximum atomic E-state index is 16.8. The number of aliphatic hydroxyl groups is 1. The summed E-state index contributed by atoms with van der Waals surface area (Å²) in [6.45, 7) is 7.37. The average Bonchev–Trinajstić information content (AvgIpc) is 3.80. The van der Waals surface area contributed by atoms with Crippen molar-refractivity contribution in [3.05, 3.63) is 119 Å². The van der Waals surface area contributed by atoms with E-state index in [0.29, 0.717) is 49.5 Å². The summed E-state index contributed by atoms with van der Waals surface area (Å²) in [6.07, 6.45) is 0.915. The molecule has 60 heavy (non-hydrogen) atoms. The number of para-hydroxylation sites is 1. The minimum atomic E-state index is -3.58. The van der Waals surface area contributed by atoms with Gasteiger partial charge in [-0.25, -0.2) is 0 Å². The molecule has 3 saturated heterocycles. The van der Waals surface area contributed by atoms with Crippen molar-refractivity contribution in [3.8, 4) is 5.75 Å². The van der Waals surface area contributed by atoms with E-state index in [9.17, 15) is 14.7 Å². The SMILES string of the molecule is COc1ccc2c(c1)[C@@]1(O[C@H](CC(=O)N3Cc4ccccc4C[C@H]3CO)[C@@H]([Si](C)(C)F)[C@@H]1C)C(=O)N2Cc1cccc(N2CN(c3ccccc3)C3(CCNCC3)C2=O)c1. The molecule has 314 valence electrons. The molecule has 5 aliphatic rings. The molecule has 5 atom stereocenters. The molecule has 4 aromatic rings. The number of carbonyl (C=O) groups excluding carboxylic acids is 3. The molecule has 0 aromatic heterocycles. The van der Waals surface area contributed by atoms with Crippen molar-refractivity contribution in [2.24, 2.45) is 5.92 Å². The molecule has 5 heterocycles. The van der Waals surface area contributed by atoms with E-state index in [1.54, 1.807) is 30.0 Å². The molecule has 0 unspecified atom stereocenters. The Morgan fingerprint density at radius 2 is 1.65 bits per heavy atom. The predicted molar refractivity (Wildman–Crippen MR) is 231 cm³/mol. The van der Waals surface area contributed by atoms with Crippen LogP contribution in [0, 0.1) is 5.92 Å². The number of ether oxygens (including phenoxy) is 2. The number of piperidine rings is 1. The zero-order chi connectivity index (χ0) is 42.0. The summed E-state index contributed by atoms with van der Waals surface area (Å²) < 4.78 is 29.4. The Hall–Kier alpha value is -5.08. The van der Waals surface area contributed by atoms with Gasteiger partial charge in [0.2, 0.25) is 14.3 Å². The first-order valence-corrected chi connectivity index (χ1v) is 24.1. The van der Waals surface area contributed by atoms with E-state index in [0.717, 1.165) is 41.2 Å². The molecule has 3 fully saturated rings. The second-order valence-electron chi connectivity index (χ2n) is 17.7. The number of nitrogens with one attached hydrogen (secondary N) is 1. The maximum absolute atomic E-state index is 16.8. The van der Waals surface area contributed by atoms with Gasteiger partial charge in [-0.1, -0.05) is 61.5 Å². The fraction of sp³-hybridized carbons (Fsp3) is 0.426. The fourth-order valence-corrected chi connectivity index (χ4v) is 13.5. The molecule has 2 spiro atoms. The molecule has 0 radical (unpaired) electrons. The fourth-order valence-electron chi connectivity index (χ4n) is 11.0. The zero-order valence-electron chi connectivity index (χ0n) is 34.8.